The minimum atomic E-state index is -0.809. The number of carbonyl (C=O) groups is 2. The van der Waals surface area contributed by atoms with E-state index in [0.717, 1.165) is 45.6 Å². The fourth-order valence-electron chi connectivity index (χ4n) is 1.09. The third kappa shape index (κ3) is 2.07. The molecule has 2 aromatic heterocycles. The van der Waals surface area contributed by atoms with Gasteiger partial charge in [-0.05, 0) is 12.1 Å². The molecule has 0 fully saturated rings. The topological polar surface area (TPSA) is 34.1 Å². The first-order valence-corrected chi connectivity index (χ1v) is 5.91. The Kier molecular flexibility index (Phi) is 2.93. The molecular formula is C10H4F2O2S2. The van der Waals surface area contributed by atoms with E-state index < -0.39 is 23.2 Å². The number of rotatable bonds is 3. The van der Waals surface area contributed by atoms with Gasteiger partial charge in [0.15, 0.2) is 0 Å². The van der Waals surface area contributed by atoms with Crippen molar-refractivity contribution in [1.29, 1.82) is 0 Å². The molecule has 2 nitrogen and oxygen atoms in total. The summed E-state index contributed by atoms with van der Waals surface area (Å²) in [5, 5.41) is 2.27. The minimum absolute atomic E-state index is 0.0244. The van der Waals surface area contributed by atoms with E-state index in [-0.39, 0.29) is 9.75 Å². The van der Waals surface area contributed by atoms with Gasteiger partial charge in [-0.3, -0.25) is 9.59 Å². The number of ketones is 2. The van der Waals surface area contributed by atoms with E-state index in [0.29, 0.717) is 0 Å². The third-order valence-electron chi connectivity index (χ3n) is 1.79. The van der Waals surface area contributed by atoms with Crippen LogP contribution >= 0.6 is 22.7 Å². The first-order chi connectivity index (χ1) is 7.58. The van der Waals surface area contributed by atoms with E-state index in [9.17, 15) is 18.4 Å². The van der Waals surface area contributed by atoms with Crippen molar-refractivity contribution < 1.29 is 18.4 Å². The van der Waals surface area contributed by atoms with E-state index in [1.807, 2.05) is 0 Å². The Morgan fingerprint density at radius 2 is 1.25 bits per heavy atom. The smallest absolute Gasteiger partial charge is 0.244 e. The van der Waals surface area contributed by atoms with Crippen LogP contribution in [-0.2, 0) is 0 Å². The number of carbonyl (C=O) groups excluding carboxylic acids is 2. The maximum atomic E-state index is 12.6. The van der Waals surface area contributed by atoms with Gasteiger partial charge in [0.05, 0.1) is 9.75 Å². The maximum Gasteiger partial charge on any atom is 0.244 e. The molecule has 0 saturated carbocycles. The van der Waals surface area contributed by atoms with Crippen molar-refractivity contribution in [1.82, 2.24) is 0 Å². The molecule has 0 aromatic carbocycles. The van der Waals surface area contributed by atoms with Gasteiger partial charge in [0.25, 0.3) is 0 Å². The van der Waals surface area contributed by atoms with Gasteiger partial charge in [-0.25, -0.2) is 8.78 Å². The molecule has 82 valence electrons. The summed E-state index contributed by atoms with van der Waals surface area (Å²) in [7, 11) is 0. The fraction of sp³-hybridized carbons (Fsp3) is 0. The molecule has 2 aromatic rings. The Morgan fingerprint density at radius 3 is 1.50 bits per heavy atom. The molecule has 0 aliphatic heterocycles. The fourth-order valence-corrected chi connectivity index (χ4v) is 2.46. The summed E-state index contributed by atoms with van der Waals surface area (Å²) in [6.07, 6.45) is 0. The molecule has 0 N–H and O–H groups in total. The predicted molar refractivity (Wildman–Crippen MR) is 57.2 cm³/mol. The van der Waals surface area contributed by atoms with Crippen LogP contribution in [0.15, 0.2) is 22.9 Å². The highest BCUT2D eigenvalue weighted by Gasteiger charge is 2.21. The summed E-state index contributed by atoms with van der Waals surface area (Å²) in [5.41, 5.74) is 0. The maximum absolute atomic E-state index is 12.6. The first kappa shape index (κ1) is 11.1. The van der Waals surface area contributed by atoms with Crippen LogP contribution in [0.5, 0.6) is 0 Å². The lowest BCUT2D eigenvalue weighted by Crippen LogP contribution is -2.11. The van der Waals surface area contributed by atoms with E-state index in [4.69, 9.17) is 0 Å². The largest absolute Gasteiger partial charge is 0.284 e. The van der Waals surface area contributed by atoms with Crippen LogP contribution in [0.25, 0.3) is 0 Å². The van der Waals surface area contributed by atoms with Gasteiger partial charge in [0.2, 0.25) is 11.6 Å². The molecule has 0 aliphatic rings. The van der Waals surface area contributed by atoms with Crippen LogP contribution in [0.3, 0.4) is 0 Å². The van der Waals surface area contributed by atoms with Crippen LogP contribution < -0.4 is 0 Å². The van der Waals surface area contributed by atoms with Crippen molar-refractivity contribution in [2.45, 2.75) is 0 Å². The van der Waals surface area contributed by atoms with Gasteiger partial charge < -0.3 is 0 Å². The Hall–Kier alpha value is -1.40. The monoisotopic (exact) mass is 258 g/mol. The molecule has 0 saturated heterocycles. The second kappa shape index (κ2) is 4.23. The standard InChI is InChI=1S/C10H4F2O2S2/c11-5-1-7(15-3-5)9(13)10(14)8-2-6(12)4-16-8/h1-4H. The molecule has 0 aliphatic carbocycles. The quantitative estimate of drug-likeness (QED) is 0.626. The number of Topliss-reactive ketones (excluding diaryl/α,β-unsaturated/α-hetero) is 2. The Bertz CT molecular complexity index is 506. The zero-order chi connectivity index (χ0) is 11.7. The lowest BCUT2D eigenvalue weighted by molar-refractivity contribution is 0.0821. The second-order valence-electron chi connectivity index (χ2n) is 2.92. The van der Waals surface area contributed by atoms with Gasteiger partial charge >= 0.3 is 0 Å². The summed E-state index contributed by atoms with van der Waals surface area (Å²) in [5.74, 6) is -2.73. The normalized spacial score (nSPS) is 10.4. The molecule has 0 radical (unpaired) electrons. The predicted octanol–water partition coefficient (Wildman–Crippen LogP) is 3.15. The Labute approximate surface area is 97.2 Å². The van der Waals surface area contributed by atoms with Crippen LogP contribution in [0.2, 0.25) is 0 Å². The highest BCUT2D eigenvalue weighted by molar-refractivity contribution is 7.15. The van der Waals surface area contributed by atoms with Crippen LogP contribution in [0, 0.1) is 11.6 Å². The van der Waals surface area contributed by atoms with Gasteiger partial charge in [-0.15, -0.1) is 22.7 Å². The van der Waals surface area contributed by atoms with E-state index in [1.54, 1.807) is 0 Å². The zero-order valence-corrected chi connectivity index (χ0v) is 9.33. The van der Waals surface area contributed by atoms with Crippen molar-refractivity contribution in [3.63, 3.8) is 0 Å². The average Bonchev–Trinajstić information content (AvgIpc) is 2.85. The molecule has 6 heteroatoms. The van der Waals surface area contributed by atoms with Crippen molar-refractivity contribution in [3.8, 4) is 0 Å². The third-order valence-corrected chi connectivity index (χ3v) is 3.59. The lowest BCUT2D eigenvalue weighted by Gasteiger charge is -1.92. The van der Waals surface area contributed by atoms with Crippen molar-refractivity contribution in [2.75, 3.05) is 0 Å². The molecule has 0 atom stereocenters. The lowest BCUT2D eigenvalue weighted by atomic mass is 10.2. The van der Waals surface area contributed by atoms with Crippen molar-refractivity contribution in [2.24, 2.45) is 0 Å². The number of thiophene rings is 2. The van der Waals surface area contributed by atoms with Crippen molar-refractivity contribution in [3.05, 3.63) is 44.3 Å². The van der Waals surface area contributed by atoms with Crippen LogP contribution in [0.1, 0.15) is 19.3 Å². The van der Waals surface area contributed by atoms with Gasteiger partial charge in [0, 0.05) is 10.8 Å². The highest BCUT2D eigenvalue weighted by Crippen LogP contribution is 2.19. The van der Waals surface area contributed by atoms with E-state index in [2.05, 4.69) is 0 Å². The summed E-state index contributed by atoms with van der Waals surface area (Å²) in [6.45, 7) is 0. The van der Waals surface area contributed by atoms with Crippen LogP contribution in [0.4, 0.5) is 8.78 Å². The van der Waals surface area contributed by atoms with E-state index >= 15 is 0 Å². The summed E-state index contributed by atoms with van der Waals surface area (Å²) in [6, 6.07) is 1.99. The number of hydrogen-bond acceptors (Lipinski definition) is 4. The van der Waals surface area contributed by atoms with Crippen molar-refractivity contribution >= 4 is 34.2 Å². The molecule has 0 spiro atoms. The minimum Gasteiger partial charge on any atom is -0.284 e. The molecule has 0 bridgehead atoms. The van der Waals surface area contributed by atoms with Gasteiger partial charge in [0.1, 0.15) is 11.6 Å². The summed E-state index contributed by atoms with van der Waals surface area (Å²) >= 11 is 1.71. The number of hydrogen-bond donors (Lipinski definition) is 0. The highest BCUT2D eigenvalue weighted by atomic mass is 32.1. The number of halogens is 2. The summed E-state index contributed by atoms with van der Waals surface area (Å²) < 4.78 is 25.3. The average molecular weight is 258 g/mol. The molecule has 2 rings (SSSR count). The van der Waals surface area contributed by atoms with Gasteiger partial charge in [-0.2, -0.15) is 0 Å². The summed E-state index contributed by atoms with van der Waals surface area (Å²) in [4.78, 5) is 23.1. The second-order valence-corrected chi connectivity index (χ2v) is 4.74. The zero-order valence-electron chi connectivity index (χ0n) is 7.70. The first-order valence-electron chi connectivity index (χ1n) is 4.15. The van der Waals surface area contributed by atoms with Crippen LogP contribution in [-0.4, -0.2) is 11.6 Å². The SMILES string of the molecule is O=C(C(=O)c1cc(F)cs1)c1cc(F)cs1. The molecule has 16 heavy (non-hydrogen) atoms. The van der Waals surface area contributed by atoms with Gasteiger partial charge in [-0.1, -0.05) is 0 Å². The molecule has 0 unspecified atom stereocenters. The Balaban J connectivity index is 2.26. The molecule has 0 amide bonds. The molecule has 2 heterocycles. The van der Waals surface area contributed by atoms with E-state index in [1.165, 1.54) is 0 Å². The Morgan fingerprint density at radius 1 is 0.875 bits per heavy atom. The molecular weight excluding hydrogens is 254 g/mol.